The topological polar surface area (TPSA) is 50.4 Å². The van der Waals surface area contributed by atoms with E-state index in [9.17, 15) is 9.18 Å². The number of benzene rings is 2. The van der Waals surface area contributed by atoms with Crippen LogP contribution >= 0.6 is 12.4 Å². The zero-order chi connectivity index (χ0) is 16.8. The van der Waals surface area contributed by atoms with Gasteiger partial charge in [-0.15, -0.1) is 12.4 Å². The van der Waals surface area contributed by atoms with Crippen molar-refractivity contribution in [2.45, 2.75) is 12.5 Å². The maximum absolute atomic E-state index is 13.7. The van der Waals surface area contributed by atoms with Gasteiger partial charge in [-0.1, -0.05) is 42.5 Å². The molecule has 2 unspecified atom stereocenters. The van der Waals surface area contributed by atoms with Gasteiger partial charge in [0.15, 0.2) is 11.6 Å². The molecule has 1 aliphatic heterocycles. The van der Waals surface area contributed by atoms with Crippen LogP contribution in [0, 0.1) is 11.7 Å². The van der Waals surface area contributed by atoms with Crippen molar-refractivity contribution in [3.8, 4) is 5.75 Å². The highest BCUT2D eigenvalue weighted by molar-refractivity contribution is 5.85. The van der Waals surface area contributed by atoms with Gasteiger partial charge in [-0.3, -0.25) is 4.79 Å². The molecule has 2 aromatic rings. The van der Waals surface area contributed by atoms with Gasteiger partial charge in [0.25, 0.3) is 0 Å². The van der Waals surface area contributed by atoms with Crippen LogP contribution in [0.5, 0.6) is 5.75 Å². The Morgan fingerprint density at radius 2 is 1.92 bits per heavy atom. The lowest BCUT2D eigenvalue weighted by atomic mass is 10.0. The Morgan fingerprint density at radius 3 is 2.60 bits per heavy atom. The predicted octanol–water partition coefficient (Wildman–Crippen LogP) is 3.09. The van der Waals surface area contributed by atoms with Crippen LogP contribution in [0.1, 0.15) is 18.0 Å². The van der Waals surface area contributed by atoms with Crippen LogP contribution in [0.15, 0.2) is 54.6 Å². The number of nitrogens with one attached hydrogen (secondary N) is 2. The smallest absolute Gasteiger partial charge is 0.225 e. The SMILES string of the molecule is Cl.O=C(NC(COc1ccccc1F)c1ccccc1)C1CCNC1. The van der Waals surface area contributed by atoms with Crippen LogP contribution in [0.4, 0.5) is 4.39 Å². The van der Waals surface area contributed by atoms with E-state index in [4.69, 9.17) is 4.74 Å². The standard InChI is InChI=1S/C19H21FN2O2.ClH/c20-16-8-4-5-9-18(16)24-13-17(14-6-2-1-3-7-14)22-19(23)15-10-11-21-12-15;/h1-9,15,17,21H,10-13H2,(H,22,23);1H. The van der Waals surface area contributed by atoms with E-state index in [1.807, 2.05) is 30.3 Å². The second-order valence-electron chi connectivity index (χ2n) is 5.90. The quantitative estimate of drug-likeness (QED) is 0.828. The molecule has 3 rings (SSSR count). The van der Waals surface area contributed by atoms with E-state index < -0.39 is 5.82 Å². The Labute approximate surface area is 153 Å². The van der Waals surface area contributed by atoms with Gasteiger partial charge in [0, 0.05) is 6.54 Å². The number of amides is 1. The molecule has 0 saturated carbocycles. The van der Waals surface area contributed by atoms with Gasteiger partial charge in [-0.25, -0.2) is 4.39 Å². The zero-order valence-corrected chi connectivity index (χ0v) is 14.6. The molecule has 2 aromatic carbocycles. The van der Waals surface area contributed by atoms with Crippen LogP contribution in [-0.4, -0.2) is 25.6 Å². The summed E-state index contributed by atoms with van der Waals surface area (Å²) in [7, 11) is 0. The first kappa shape index (κ1) is 19.2. The molecule has 1 heterocycles. The third-order valence-electron chi connectivity index (χ3n) is 4.19. The first-order valence-electron chi connectivity index (χ1n) is 8.17. The Kier molecular flexibility index (Phi) is 7.22. The summed E-state index contributed by atoms with van der Waals surface area (Å²) >= 11 is 0. The number of hydrogen-bond donors (Lipinski definition) is 2. The first-order valence-corrected chi connectivity index (χ1v) is 8.17. The van der Waals surface area contributed by atoms with E-state index in [0.29, 0.717) is 6.54 Å². The summed E-state index contributed by atoms with van der Waals surface area (Å²) < 4.78 is 19.3. The summed E-state index contributed by atoms with van der Waals surface area (Å²) in [4.78, 5) is 12.4. The predicted molar refractivity (Wildman–Crippen MR) is 97.4 cm³/mol. The molecule has 25 heavy (non-hydrogen) atoms. The molecule has 1 fully saturated rings. The largest absolute Gasteiger partial charge is 0.488 e. The van der Waals surface area contributed by atoms with E-state index in [1.165, 1.54) is 6.07 Å². The molecule has 6 heteroatoms. The Morgan fingerprint density at radius 1 is 1.20 bits per heavy atom. The lowest BCUT2D eigenvalue weighted by Crippen LogP contribution is -2.37. The molecule has 4 nitrogen and oxygen atoms in total. The number of halogens is 2. The number of ether oxygens (including phenoxy) is 1. The van der Waals surface area contributed by atoms with Crippen molar-refractivity contribution in [1.82, 2.24) is 10.6 Å². The summed E-state index contributed by atoms with van der Waals surface area (Å²) in [5.74, 6) is -0.235. The van der Waals surface area contributed by atoms with Gasteiger partial charge >= 0.3 is 0 Å². The highest BCUT2D eigenvalue weighted by Gasteiger charge is 2.25. The first-order chi connectivity index (χ1) is 11.7. The van der Waals surface area contributed by atoms with Gasteiger partial charge in [-0.05, 0) is 30.7 Å². The van der Waals surface area contributed by atoms with Crippen LogP contribution in [0.25, 0.3) is 0 Å². The maximum atomic E-state index is 13.7. The summed E-state index contributed by atoms with van der Waals surface area (Å²) in [6, 6.07) is 15.6. The monoisotopic (exact) mass is 364 g/mol. The van der Waals surface area contributed by atoms with Gasteiger partial charge in [0.05, 0.1) is 12.0 Å². The zero-order valence-electron chi connectivity index (χ0n) is 13.8. The van der Waals surface area contributed by atoms with Crippen molar-refractivity contribution in [2.24, 2.45) is 5.92 Å². The molecule has 134 valence electrons. The van der Waals surface area contributed by atoms with E-state index in [1.54, 1.807) is 18.2 Å². The van der Waals surface area contributed by atoms with Gasteiger partial charge in [0.1, 0.15) is 6.61 Å². The lowest BCUT2D eigenvalue weighted by molar-refractivity contribution is -0.125. The minimum absolute atomic E-state index is 0. The van der Waals surface area contributed by atoms with Crippen molar-refractivity contribution >= 4 is 18.3 Å². The summed E-state index contributed by atoms with van der Waals surface area (Å²) in [5, 5.41) is 6.23. The molecule has 1 aliphatic rings. The van der Waals surface area contributed by atoms with Gasteiger partial charge in [-0.2, -0.15) is 0 Å². The highest BCUT2D eigenvalue weighted by atomic mass is 35.5. The van der Waals surface area contributed by atoms with Gasteiger partial charge in [0.2, 0.25) is 5.91 Å². The van der Waals surface area contributed by atoms with Crippen LogP contribution < -0.4 is 15.4 Å². The van der Waals surface area contributed by atoms with E-state index in [0.717, 1.165) is 18.5 Å². The third kappa shape index (κ3) is 5.18. The van der Waals surface area contributed by atoms with Gasteiger partial charge < -0.3 is 15.4 Å². The number of hydrogen-bond acceptors (Lipinski definition) is 3. The molecule has 0 aliphatic carbocycles. The number of carbonyl (C=O) groups is 1. The molecule has 0 radical (unpaired) electrons. The molecule has 0 spiro atoms. The molecular formula is C19H22ClFN2O2. The summed E-state index contributed by atoms with van der Waals surface area (Å²) in [6.45, 7) is 1.73. The summed E-state index contributed by atoms with van der Waals surface area (Å²) in [6.07, 6.45) is 0.835. The normalized spacial score (nSPS) is 17.4. The van der Waals surface area contributed by atoms with Crippen LogP contribution in [0.3, 0.4) is 0 Å². The average molecular weight is 365 g/mol. The second kappa shape index (κ2) is 9.39. The molecule has 1 saturated heterocycles. The second-order valence-corrected chi connectivity index (χ2v) is 5.90. The number of rotatable bonds is 6. The van der Waals surface area contributed by atoms with Crippen molar-refractivity contribution in [1.29, 1.82) is 0 Å². The Hall–Kier alpha value is -2.11. The minimum Gasteiger partial charge on any atom is -0.488 e. The highest BCUT2D eigenvalue weighted by Crippen LogP contribution is 2.20. The molecule has 0 bridgehead atoms. The van der Waals surface area contributed by atoms with Crippen molar-refractivity contribution in [3.63, 3.8) is 0 Å². The Bertz CT molecular complexity index is 678. The molecular weight excluding hydrogens is 343 g/mol. The van der Waals surface area contributed by atoms with Crippen LogP contribution in [0.2, 0.25) is 0 Å². The Balaban J connectivity index is 0.00000225. The lowest BCUT2D eigenvalue weighted by Gasteiger charge is -2.21. The van der Waals surface area contributed by atoms with E-state index in [-0.39, 0.29) is 42.6 Å². The minimum atomic E-state index is -0.407. The molecule has 2 N–H and O–H groups in total. The number of carbonyl (C=O) groups excluding carboxylic acids is 1. The fraction of sp³-hybridized carbons (Fsp3) is 0.316. The van der Waals surface area contributed by atoms with Crippen molar-refractivity contribution in [3.05, 3.63) is 66.0 Å². The van der Waals surface area contributed by atoms with Crippen LogP contribution in [-0.2, 0) is 4.79 Å². The average Bonchev–Trinajstić information content (AvgIpc) is 3.15. The molecule has 1 amide bonds. The van der Waals surface area contributed by atoms with Crippen molar-refractivity contribution in [2.75, 3.05) is 19.7 Å². The fourth-order valence-corrected chi connectivity index (χ4v) is 2.81. The van der Waals surface area contributed by atoms with E-state index >= 15 is 0 Å². The summed E-state index contributed by atoms with van der Waals surface area (Å²) in [5.41, 5.74) is 0.938. The van der Waals surface area contributed by atoms with Crippen molar-refractivity contribution < 1.29 is 13.9 Å². The third-order valence-corrected chi connectivity index (χ3v) is 4.19. The fourth-order valence-electron chi connectivity index (χ4n) is 2.81. The number of para-hydroxylation sites is 1. The molecule has 0 aromatic heterocycles. The maximum Gasteiger partial charge on any atom is 0.225 e. The van der Waals surface area contributed by atoms with E-state index in [2.05, 4.69) is 10.6 Å². The molecule has 2 atom stereocenters.